The normalized spacial score (nSPS) is 5.40. The molecule has 0 saturated heterocycles. The van der Waals surface area contributed by atoms with Gasteiger partial charge >= 0.3 is 46.0 Å². The average Bonchev–Trinajstić information content (AvgIpc) is 0.811. The van der Waals surface area contributed by atoms with Gasteiger partial charge in [0.1, 0.15) is 0 Å². The van der Waals surface area contributed by atoms with Gasteiger partial charge < -0.3 is 0 Å². The van der Waals surface area contributed by atoms with Crippen molar-refractivity contribution in [1.82, 2.24) is 0 Å². The van der Waals surface area contributed by atoms with E-state index in [2.05, 4.69) is 0 Å². The molecule has 0 amide bonds. The molecular weight excluding hydrogens is 403 g/mol. The van der Waals surface area contributed by atoms with E-state index in [0.29, 0.717) is 0 Å². The van der Waals surface area contributed by atoms with Crippen LogP contribution in [0.5, 0.6) is 0 Å². The van der Waals surface area contributed by atoms with E-state index in [9.17, 15) is 0 Å². The first-order chi connectivity index (χ1) is 1.73. The summed E-state index contributed by atoms with van der Waals surface area (Å²) in [6.45, 7) is 15.1. The second-order valence-electron chi connectivity index (χ2n) is 0.247. The molecule has 0 spiro atoms. The minimum Gasteiger partial charge on any atom is 0 e. The van der Waals surface area contributed by atoms with Crippen molar-refractivity contribution < 1.29 is 65.6 Å². The Labute approximate surface area is 83.3 Å². The Hall–Kier alpha value is 3.39. The van der Waals surface area contributed by atoms with Crippen LogP contribution in [0.4, 0.5) is 0 Å². The van der Waals surface area contributed by atoms with Crippen LogP contribution in [0.1, 0.15) is 0 Å². The maximum Gasteiger partial charge on any atom is 0 e. The van der Waals surface area contributed by atoms with E-state index in [4.69, 9.17) is 20.4 Å². The van der Waals surface area contributed by atoms with E-state index >= 15 is 0 Å². The van der Waals surface area contributed by atoms with Crippen molar-refractivity contribution in [3.8, 4) is 0 Å². The van der Waals surface area contributed by atoms with Crippen LogP contribution in [-0.2, 0) is 0 Å². The van der Waals surface area contributed by atoms with E-state index in [1.807, 2.05) is 0 Å². The first-order valence-electron chi connectivity index (χ1n) is 0.655. The molecule has 0 rings (SSSR count). The molecule has 0 radical (unpaired) electrons. The first-order valence-corrected chi connectivity index (χ1v) is 14.3. The van der Waals surface area contributed by atoms with Gasteiger partial charge in [-0.05, 0) is 0 Å². The first kappa shape index (κ1) is 11.2. The van der Waals surface area contributed by atoms with Crippen LogP contribution in [0.25, 0.3) is 0 Å². The Morgan fingerprint density at radius 3 is 1.00 bits per heavy atom. The molecule has 0 aromatic carbocycles. The molecule has 0 heterocycles. The van der Waals surface area contributed by atoms with Gasteiger partial charge in [-0.1, -0.05) is 0 Å². The summed E-state index contributed by atoms with van der Waals surface area (Å²) >= 11 is -2.31. The summed E-state index contributed by atoms with van der Waals surface area (Å²) in [4.78, 5) is 0. The minimum atomic E-state index is -2.31. The third kappa shape index (κ3) is 18.7. The third-order valence-corrected chi connectivity index (χ3v) is 0. The summed E-state index contributed by atoms with van der Waals surface area (Å²) in [7, 11) is 0. The Morgan fingerprint density at radius 2 is 1.00 bits per heavy atom. The topological polar surface area (TPSA) is 0 Å². The molecule has 0 aromatic heterocycles. The van der Waals surface area contributed by atoms with E-state index in [-0.39, 0.29) is 39.9 Å². The van der Waals surface area contributed by atoms with E-state index < -0.39 is 25.7 Å². The summed E-state index contributed by atoms with van der Waals surface area (Å²) in [5.74, 6) is 0. The van der Waals surface area contributed by atoms with Crippen LogP contribution in [0.2, 0.25) is 0 Å². The quantitative estimate of drug-likeness (QED) is 0.582. The maximum atomic E-state index is 5.03. The van der Waals surface area contributed by atoms with Crippen LogP contribution in [0, 0.1) is 65.6 Å². The van der Waals surface area contributed by atoms with Gasteiger partial charge in [-0.3, -0.25) is 0 Å². The molecule has 5 heavy (non-hydrogen) atoms. The monoisotopic (exact) mass is 402 g/mol. The molecular formula is Cl3GdLa. The molecule has 5 heteroatoms. The molecule has 0 N–H and O–H groups in total. The summed E-state index contributed by atoms with van der Waals surface area (Å²) in [6.07, 6.45) is 0. The molecule has 0 fully saturated rings. The van der Waals surface area contributed by atoms with Gasteiger partial charge in [0.15, 0.2) is 0 Å². The Balaban J connectivity index is 0. The number of hydrogen-bond acceptors (Lipinski definition) is 0. The number of hydrogen-bond donors (Lipinski definition) is 0. The molecule has 0 aliphatic heterocycles. The van der Waals surface area contributed by atoms with Gasteiger partial charge in [0, 0.05) is 39.9 Å². The van der Waals surface area contributed by atoms with Crippen molar-refractivity contribution in [2.24, 2.45) is 0 Å². The van der Waals surface area contributed by atoms with Crippen LogP contribution < -0.4 is 0 Å². The summed E-state index contributed by atoms with van der Waals surface area (Å²) in [5.41, 5.74) is 0. The molecule has 0 saturated carbocycles. The second-order valence-corrected chi connectivity index (χ2v) is 16.2. The van der Waals surface area contributed by atoms with Crippen LogP contribution in [0.3, 0.4) is 0 Å². The molecule has 0 nitrogen and oxygen atoms in total. The van der Waals surface area contributed by atoms with E-state index in [1.165, 1.54) is 0 Å². The van der Waals surface area contributed by atoms with Gasteiger partial charge in [0.05, 0.1) is 0 Å². The molecule has 0 aromatic rings. The smallest absolute Gasteiger partial charge is 0 e. The van der Waals surface area contributed by atoms with Crippen molar-refractivity contribution in [3.05, 3.63) is 0 Å². The molecule has 0 aliphatic carbocycles. The van der Waals surface area contributed by atoms with Crippen molar-refractivity contribution in [1.29, 1.82) is 0 Å². The zero-order valence-electron chi connectivity index (χ0n) is 2.06. The third-order valence-electron chi connectivity index (χ3n) is 0. The number of halogens is 3. The van der Waals surface area contributed by atoms with Crippen molar-refractivity contribution in [2.45, 2.75) is 0 Å². The summed E-state index contributed by atoms with van der Waals surface area (Å²) in [5, 5.41) is 0. The fourth-order valence-electron chi connectivity index (χ4n) is 0. The summed E-state index contributed by atoms with van der Waals surface area (Å²) in [6, 6.07) is 0. The predicted molar refractivity (Wildman–Crippen MR) is 17.6 cm³/mol. The van der Waals surface area contributed by atoms with E-state index in [0.717, 1.165) is 0 Å². The van der Waals surface area contributed by atoms with Crippen LogP contribution in [-0.4, -0.2) is 0 Å². The Morgan fingerprint density at radius 1 is 1.00 bits per heavy atom. The molecule has 32 valence electrons. The van der Waals surface area contributed by atoms with Gasteiger partial charge in [0.25, 0.3) is 0 Å². The molecule has 0 unspecified atom stereocenters. The fourth-order valence-corrected chi connectivity index (χ4v) is 0. The maximum absolute atomic E-state index is 5.03. The van der Waals surface area contributed by atoms with Crippen molar-refractivity contribution in [3.63, 3.8) is 0 Å². The average molecular weight is 403 g/mol. The molecule has 0 aliphatic rings. The molecule has 0 bridgehead atoms. The van der Waals surface area contributed by atoms with Crippen molar-refractivity contribution >= 4 is 20.4 Å². The second kappa shape index (κ2) is 7.39. The van der Waals surface area contributed by atoms with Gasteiger partial charge in [-0.25, -0.2) is 0 Å². The van der Waals surface area contributed by atoms with Gasteiger partial charge in [-0.15, -0.1) is 0 Å². The molecule has 0 atom stereocenters. The predicted octanol–water partition coefficient (Wildman–Crippen LogP) is 2.07. The number of rotatable bonds is 0. The van der Waals surface area contributed by atoms with Crippen LogP contribution >= 0.6 is 20.4 Å². The Kier molecular flexibility index (Phi) is 16.6. The zero-order chi connectivity index (χ0) is 3.58. The largest absolute Gasteiger partial charge is 0 e. The Bertz CT molecular complexity index is 11.6. The van der Waals surface area contributed by atoms with Gasteiger partial charge in [0.2, 0.25) is 0 Å². The standard InChI is InChI=1S/3ClH.Gd.La/h3*1H;;/q;;;;+3/p-3. The fraction of sp³-hybridized carbons (Fsp3) is 0. The SMILES string of the molecule is [Cl][La]([Cl])[Cl].[Gd]. The van der Waals surface area contributed by atoms with Crippen LogP contribution in [0.15, 0.2) is 0 Å². The van der Waals surface area contributed by atoms with Crippen molar-refractivity contribution in [2.75, 3.05) is 0 Å². The minimum absolute atomic E-state index is 0. The van der Waals surface area contributed by atoms with E-state index in [1.54, 1.807) is 0 Å². The summed E-state index contributed by atoms with van der Waals surface area (Å²) < 4.78 is 0. The zero-order valence-corrected chi connectivity index (χ0v) is 10.2. The van der Waals surface area contributed by atoms with Gasteiger partial charge in [-0.2, -0.15) is 0 Å².